The van der Waals surface area contributed by atoms with Crippen molar-refractivity contribution in [3.63, 3.8) is 0 Å². The van der Waals surface area contributed by atoms with E-state index in [2.05, 4.69) is 4.99 Å². The predicted octanol–water partition coefficient (Wildman–Crippen LogP) is 5.57. The Morgan fingerprint density at radius 2 is 1.83 bits per heavy atom. The lowest BCUT2D eigenvalue weighted by molar-refractivity contribution is -0.129. The smallest absolute Gasteiger partial charge is 0.363 e. The lowest BCUT2D eigenvalue weighted by atomic mass is 10.1. The SMILES string of the molecule is Cc1cccc(C2=N/C(=C\c3ccccc3OCc3ccc(Cl)cc3)C(=O)O2)c1. The number of nitrogens with zero attached hydrogens (tertiary/aromatic N) is 1. The molecule has 0 atom stereocenters. The molecule has 0 saturated heterocycles. The van der Waals surface area contributed by atoms with Gasteiger partial charge in [0.1, 0.15) is 12.4 Å². The van der Waals surface area contributed by atoms with E-state index < -0.39 is 5.97 Å². The molecule has 1 heterocycles. The second-order valence-corrected chi connectivity index (χ2v) is 7.09. The maximum absolute atomic E-state index is 12.3. The van der Waals surface area contributed by atoms with Crippen LogP contribution in [-0.2, 0) is 16.1 Å². The quantitative estimate of drug-likeness (QED) is 0.413. The molecule has 0 fully saturated rings. The molecular weight excluding hydrogens is 386 g/mol. The summed E-state index contributed by atoms with van der Waals surface area (Å²) in [5.74, 6) is 0.487. The normalized spacial score (nSPS) is 14.6. The third kappa shape index (κ3) is 4.55. The minimum atomic E-state index is -0.478. The van der Waals surface area contributed by atoms with Gasteiger partial charge in [0.15, 0.2) is 5.70 Å². The molecule has 4 rings (SSSR count). The number of carbonyl (C=O) groups is 1. The molecule has 29 heavy (non-hydrogen) atoms. The number of hydrogen-bond donors (Lipinski definition) is 0. The van der Waals surface area contributed by atoms with Crippen molar-refractivity contribution in [1.82, 2.24) is 0 Å². The third-order valence-electron chi connectivity index (χ3n) is 4.40. The zero-order valence-corrected chi connectivity index (χ0v) is 16.5. The maximum atomic E-state index is 12.3. The van der Waals surface area contributed by atoms with Crippen molar-refractivity contribution >= 4 is 29.5 Å². The fraction of sp³-hybridized carbons (Fsp3) is 0.0833. The van der Waals surface area contributed by atoms with Gasteiger partial charge in [0.25, 0.3) is 0 Å². The van der Waals surface area contributed by atoms with E-state index in [0.717, 1.165) is 22.3 Å². The first kappa shape index (κ1) is 19.0. The molecule has 0 bridgehead atoms. The van der Waals surface area contributed by atoms with Crippen molar-refractivity contribution < 1.29 is 14.3 Å². The second kappa shape index (κ2) is 8.33. The van der Waals surface area contributed by atoms with E-state index in [1.54, 1.807) is 6.08 Å². The Kier molecular flexibility index (Phi) is 5.45. The molecule has 0 saturated carbocycles. The van der Waals surface area contributed by atoms with E-state index in [9.17, 15) is 4.79 Å². The molecule has 0 aliphatic carbocycles. The average molecular weight is 404 g/mol. The van der Waals surface area contributed by atoms with Gasteiger partial charge in [-0.2, -0.15) is 0 Å². The van der Waals surface area contributed by atoms with E-state index in [1.807, 2.05) is 79.7 Å². The van der Waals surface area contributed by atoms with Crippen LogP contribution < -0.4 is 4.74 Å². The maximum Gasteiger partial charge on any atom is 0.363 e. The highest BCUT2D eigenvalue weighted by Gasteiger charge is 2.24. The van der Waals surface area contributed by atoms with Gasteiger partial charge in [0.05, 0.1) is 0 Å². The van der Waals surface area contributed by atoms with Crippen molar-refractivity contribution in [2.24, 2.45) is 4.99 Å². The van der Waals surface area contributed by atoms with Gasteiger partial charge in [-0.1, -0.05) is 59.6 Å². The monoisotopic (exact) mass is 403 g/mol. The minimum Gasteiger partial charge on any atom is -0.488 e. The Labute approximate surface area is 174 Å². The van der Waals surface area contributed by atoms with Gasteiger partial charge >= 0.3 is 5.97 Å². The van der Waals surface area contributed by atoms with Crippen molar-refractivity contribution in [1.29, 1.82) is 0 Å². The summed E-state index contributed by atoms with van der Waals surface area (Å²) in [5, 5.41) is 0.681. The van der Waals surface area contributed by atoms with E-state index in [0.29, 0.717) is 23.3 Å². The molecule has 0 N–H and O–H groups in total. The molecule has 5 heteroatoms. The van der Waals surface area contributed by atoms with Crippen LogP contribution in [0.4, 0.5) is 0 Å². The molecular formula is C24H18ClNO3. The number of benzene rings is 3. The molecule has 0 amide bonds. The first-order chi connectivity index (χ1) is 14.1. The van der Waals surface area contributed by atoms with Gasteiger partial charge < -0.3 is 9.47 Å². The highest BCUT2D eigenvalue weighted by atomic mass is 35.5. The van der Waals surface area contributed by atoms with Crippen molar-refractivity contribution in [2.45, 2.75) is 13.5 Å². The Hall–Kier alpha value is -3.37. The summed E-state index contributed by atoms with van der Waals surface area (Å²) in [6.07, 6.45) is 1.68. The lowest BCUT2D eigenvalue weighted by Crippen LogP contribution is -2.05. The van der Waals surface area contributed by atoms with Crippen LogP contribution in [0.2, 0.25) is 5.02 Å². The summed E-state index contributed by atoms with van der Waals surface area (Å²) >= 11 is 5.92. The number of cyclic esters (lactones) is 1. The summed E-state index contributed by atoms with van der Waals surface area (Å²) < 4.78 is 11.3. The fourth-order valence-corrected chi connectivity index (χ4v) is 3.06. The van der Waals surface area contributed by atoms with Crippen LogP contribution in [0.1, 0.15) is 22.3 Å². The van der Waals surface area contributed by atoms with E-state index in [-0.39, 0.29) is 5.70 Å². The summed E-state index contributed by atoms with van der Waals surface area (Å²) in [7, 11) is 0. The molecule has 3 aromatic carbocycles. The van der Waals surface area contributed by atoms with Crippen molar-refractivity contribution in [3.05, 3.63) is 106 Å². The van der Waals surface area contributed by atoms with Gasteiger partial charge in [-0.15, -0.1) is 0 Å². The van der Waals surface area contributed by atoms with E-state index in [4.69, 9.17) is 21.1 Å². The number of aryl methyl sites for hydroxylation is 1. The summed E-state index contributed by atoms with van der Waals surface area (Å²) in [6.45, 7) is 2.37. The van der Waals surface area contributed by atoms with Gasteiger partial charge in [0, 0.05) is 16.1 Å². The molecule has 0 aromatic heterocycles. The van der Waals surface area contributed by atoms with E-state index >= 15 is 0 Å². The van der Waals surface area contributed by atoms with Crippen LogP contribution in [0.25, 0.3) is 6.08 Å². The first-order valence-electron chi connectivity index (χ1n) is 9.14. The molecule has 3 aromatic rings. The van der Waals surface area contributed by atoms with Crippen molar-refractivity contribution in [2.75, 3.05) is 0 Å². The third-order valence-corrected chi connectivity index (χ3v) is 4.66. The molecule has 0 unspecified atom stereocenters. The van der Waals surface area contributed by atoms with Crippen LogP contribution in [0.3, 0.4) is 0 Å². The predicted molar refractivity (Wildman–Crippen MR) is 114 cm³/mol. The molecule has 144 valence electrons. The Morgan fingerprint density at radius 3 is 2.62 bits per heavy atom. The zero-order valence-electron chi connectivity index (χ0n) is 15.8. The van der Waals surface area contributed by atoms with Crippen LogP contribution in [0.5, 0.6) is 5.75 Å². The fourth-order valence-electron chi connectivity index (χ4n) is 2.93. The molecule has 1 aliphatic heterocycles. The lowest BCUT2D eigenvalue weighted by Gasteiger charge is -2.09. The Balaban J connectivity index is 1.57. The van der Waals surface area contributed by atoms with Crippen molar-refractivity contribution in [3.8, 4) is 5.75 Å². The summed E-state index contributed by atoms with van der Waals surface area (Å²) in [5.41, 5.74) is 3.83. The molecule has 4 nitrogen and oxygen atoms in total. The Bertz CT molecular complexity index is 1120. The molecule has 0 radical (unpaired) electrons. The Morgan fingerprint density at radius 1 is 1.03 bits per heavy atom. The average Bonchev–Trinajstić information content (AvgIpc) is 3.09. The number of hydrogen-bond acceptors (Lipinski definition) is 4. The number of halogens is 1. The summed E-state index contributed by atoms with van der Waals surface area (Å²) in [6, 6.07) is 22.6. The van der Waals surface area contributed by atoms with Crippen LogP contribution >= 0.6 is 11.6 Å². The van der Waals surface area contributed by atoms with Gasteiger partial charge in [-0.25, -0.2) is 9.79 Å². The molecule has 0 spiro atoms. The van der Waals surface area contributed by atoms with Gasteiger partial charge in [0.2, 0.25) is 5.90 Å². The first-order valence-corrected chi connectivity index (χ1v) is 9.52. The largest absolute Gasteiger partial charge is 0.488 e. The molecule has 1 aliphatic rings. The number of para-hydroxylation sites is 1. The number of rotatable bonds is 5. The van der Waals surface area contributed by atoms with Gasteiger partial charge in [-0.05, 0) is 48.9 Å². The zero-order chi connectivity index (χ0) is 20.2. The highest BCUT2D eigenvalue weighted by molar-refractivity contribution is 6.30. The summed E-state index contributed by atoms with van der Waals surface area (Å²) in [4.78, 5) is 16.7. The van der Waals surface area contributed by atoms with Crippen LogP contribution in [-0.4, -0.2) is 11.9 Å². The number of ether oxygens (including phenoxy) is 2. The number of carbonyl (C=O) groups excluding carboxylic acids is 1. The highest BCUT2D eigenvalue weighted by Crippen LogP contribution is 2.25. The van der Waals surface area contributed by atoms with Crippen LogP contribution in [0, 0.1) is 6.92 Å². The van der Waals surface area contributed by atoms with E-state index in [1.165, 1.54) is 0 Å². The standard InChI is InChI=1S/C24H18ClNO3/c1-16-5-4-7-19(13-16)23-26-21(24(27)29-23)14-18-6-2-3-8-22(18)28-15-17-9-11-20(25)12-10-17/h2-14H,15H2,1H3/b21-14-. The second-order valence-electron chi connectivity index (χ2n) is 6.66. The topological polar surface area (TPSA) is 47.9 Å². The van der Waals surface area contributed by atoms with Crippen LogP contribution in [0.15, 0.2) is 83.5 Å². The number of esters is 1. The number of aliphatic imine (C=N–C) groups is 1. The minimum absolute atomic E-state index is 0.240. The van der Waals surface area contributed by atoms with Gasteiger partial charge in [-0.3, -0.25) is 0 Å².